The highest BCUT2D eigenvalue weighted by molar-refractivity contribution is 9.10. The summed E-state index contributed by atoms with van der Waals surface area (Å²) in [7, 11) is 0. The maximum absolute atomic E-state index is 12.8. The summed E-state index contributed by atoms with van der Waals surface area (Å²) in [4.78, 5) is 22.1. The van der Waals surface area contributed by atoms with Crippen molar-refractivity contribution in [2.24, 2.45) is 4.99 Å². The predicted octanol–water partition coefficient (Wildman–Crippen LogP) is 4.24. The number of carbonyl (C=O) groups is 1. The highest BCUT2D eigenvalue weighted by Crippen LogP contribution is 2.27. The van der Waals surface area contributed by atoms with Gasteiger partial charge in [-0.1, -0.05) is 52.3 Å². The molecule has 2 aromatic carbocycles. The Morgan fingerprint density at radius 3 is 2.58 bits per heavy atom. The van der Waals surface area contributed by atoms with Crippen molar-refractivity contribution in [1.29, 1.82) is 0 Å². The Hall–Kier alpha value is -2.79. The second-order valence-electron chi connectivity index (χ2n) is 6.08. The molecule has 1 atom stereocenters. The summed E-state index contributed by atoms with van der Waals surface area (Å²) in [6, 6.07) is 20.9. The number of aromatic nitrogens is 1. The molecule has 4 nitrogen and oxygen atoms in total. The monoisotopic (exact) mass is 405 g/mol. The molecule has 0 bridgehead atoms. The van der Waals surface area contributed by atoms with Gasteiger partial charge < -0.3 is 5.32 Å². The van der Waals surface area contributed by atoms with E-state index in [0.29, 0.717) is 6.42 Å². The van der Waals surface area contributed by atoms with Crippen LogP contribution in [0.5, 0.6) is 0 Å². The highest BCUT2D eigenvalue weighted by atomic mass is 79.9. The second kappa shape index (κ2) is 7.22. The van der Waals surface area contributed by atoms with Crippen LogP contribution in [0.15, 0.2) is 82.4 Å². The Balaban J connectivity index is 1.83. The maximum atomic E-state index is 12.8. The molecule has 1 N–H and O–H groups in total. The summed E-state index contributed by atoms with van der Waals surface area (Å²) in [5.41, 5.74) is 4.16. The number of nitrogens with one attached hydrogen (secondary N) is 1. The molecule has 1 aromatic heterocycles. The Morgan fingerprint density at radius 2 is 1.81 bits per heavy atom. The van der Waals surface area contributed by atoms with Gasteiger partial charge in [-0.2, -0.15) is 0 Å². The van der Waals surface area contributed by atoms with Gasteiger partial charge in [0.2, 0.25) is 5.91 Å². The van der Waals surface area contributed by atoms with E-state index in [2.05, 4.69) is 26.2 Å². The van der Waals surface area contributed by atoms with Crippen LogP contribution in [0.2, 0.25) is 0 Å². The van der Waals surface area contributed by atoms with E-state index in [1.165, 1.54) is 0 Å². The minimum Gasteiger partial charge on any atom is -0.324 e. The smallest absolute Gasteiger partial charge is 0.249 e. The zero-order chi connectivity index (χ0) is 17.9. The molecule has 1 unspecified atom stereocenters. The van der Waals surface area contributed by atoms with Gasteiger partial charge in [-0.15, -0.1) is 0 Å². The average molecular weight is 406 g/mol. The zero-order valence-electron chi connectivity index (χ0n) is 13.9. The fourth-order valence-electron chi connectivity index (χ4n) is 3.00. The van der Waals surface area contributed by atoms with E-state index >= 15 is 0 Å². The molecular weight excluding hydrogens is 390 g/mol. The van der Waals surface area contributed by atoms with Gasteiger partial charge in [-0.3, -0.25) is 14.8 Å². The third-order valence-electron chi connectivity index (χ3n) is 4.26. The molecule has 3 aromatic rings. The van der Waals surface area contributed by atoms with E-state index in [1.807, 2.05) is 66.7 Å². The van der Waals surface area contributed by atoms with Gasteiger partial charge in [0, 0.05) is 22.7 Å². The van der Waals surface area contributed by atoms with E-state index in [9.17, 15) is 4.79 Å². The zero-order valence-corrected chi connectivity index (χ0v) is 15.5. The molecule has 128 valence electrons. The van der Waals surface area contributed by atoms with Crippen LogP contribution in [0.3, 0.4) is 0 Å². The molecule has 0 aliphatic carbocycles. The highest BCUT2D eigenvalue weighted by Gasteiger charge is 2.26. The number of anilines is 1. The number of nitrogens with zero attached hydrogens (tertiary/aromatic N) is 2. The number of halogens is 1. The van der Waals surface area contributed by atoms with Crippen LogP contribution in [-0.4, -0.2) is 22.6 Å². The fourth-order valence-corrected chi connectivity index (χ4v) is 3.37. The number of rotatable bonds is 3. The molecule has 1 amide bonds. The normalized spacial score (nSPS) is 16.3. The van der Waals surface area contributed by atoms with Gasteiger partial charge in [0.1, 0.15) is 6.04 Å². The summed E-state index contributed by atoms with van der Waals surface area (Å²) in [5, 5.41) is 3.02. The third kappa shape index (κ3) is 3.44. The molecule has 0 spiro atoms. The van der Waals surface area contributed by atoms with Gasteiger partial charge in [0.05, 0.1) is 17.1 Å². The van der Waals surface area contributed by atoms with Gasteiger partial charge in [0.15, 0.2) is 0 Å². The van der Waals surface area contributed by atoms with Crippen molar-refractivity contribution in [2.75, 3.05) is 5.32 Å². The van der Waals surface area contributed by atoms with Crippen molar-refractivity contribution in [3.63, 3.8) is 0 Å². The summed E-state index contributed by atoms with van der Waals surface area (Å²) < 4.78 is 0.927. The van der Waals surface area contributed by atoms with E-state index in [1.54, 1.807) is 6.20 Å². The first-order chi connectivity index (χ1) is 12.7. The minimum absolute atomic E-state index is 0.108. The number of hydrogen-bond acceptors (Lipinski definition) is 3. The Kier molecular flexibility index (Phi) is 4.63. The first-order valence-electron chi connectivity index (χ1n) is 8.34. The maximum Gasteiger partial charge on any atom is 0.249 e. The lowest BCUT2D eigenvalue weighted by Crippen LogP contribution is -2.27. The lowest BCUT2D eigenvalue weighted by Gasteiger charge is -2.11. The number of fused-ring (bicyclic) bond motifs is 1. The Morgan fingerprint density at radius 1 is 1.00 bits per heavy atom. The largest absolute Gasteiger partial charge is 0.324 e. The van der Waals surface area contributed by atoms with E-state index in [4.69, 9.17) is 4.99 Å². The number of amides is 1. The van der Waals surface area contributed by atoms with Crippen LogP contribution in [0.25, 0.3) is 0 Å². The average Bonchev–Trinajstić information content (AvgIpc) is 2.80. The van der Waals surface area contributed by atoms with Crippen molar-refractivity contribution in [3.05, 3.63) is 94.2 Å². The number of pyridine rings is 1. The van der Waals surface area contributed by atoms with E-state index < -0.39 is 6.04 Å². The van der Waals surface area contributed by atoms with Crippen LogP contribution in [-0.2, 0) is 11.2 Å². The van der Waals surface area contributed by atoms with Gasteiger partial charge in [-0.05, 0) is 35.9 Å². The lowest BCUT2D eigenvalue weighted by atomic mass is 10.0. The van der Waals surface area contributed by atoms with Crippen molar-refractivity contribution in [3.8, 4) is 0 Å². The summed E-state index contributed by atoms with van der Waals surface area (Å²) in [6.07, 6.45) is 2.28. The Bertz CT molecular complexity index is 971. The molecule has 0 radical (unpaired) electrons. The third-order valence-corrected chi connectivity index (χ3v) is 4.75. The van der Waals surface area contributed by atoms with Gasteiger partial charge in [0.25, 0.3) is 0 Å². The van der Waals surface area contributed by atoms with Crippen molar-refractivity contribution < 1.29 is 4.79 Å². The number of benzodiazepines with no additional fused rings is 1. The van der Waals surface area contributed by atoms with Crippen LogP contribution in [0.1, 0.15) is 16.8 Å². The molecule has 1 aliphatic heterocycles. The molecule has 26 heavy (non-hydrogen) atoms. The number of benzene rings is 2. The number of carbonyl (C=O) groups excluding carboxylic acids is 1. The Labute approximate surface area is 160 Å². The first kappa shape index (κ1) is 16.7. The second-order valence-corrected chi connectivity index (χ2v) is 6.99. The van der Waals surface area contributed by atoms with Crippen LogP contribution in [0, 0.1) is 0 Å². The first-order valence-corrected chi connectivity index (χ1v) is 9.14. The number of hydrogen-bond donors (Lipinski definition) is 1. The molecule has 2 heterocycles. The van der Waals surface area contributed by atoms with E-state index in [-0.39, 0.29) is 5.91 Å². The van der Waals surface area contributed by atoms with Crippen molar-refractivity contribution in [1.82, 2.24) is 4.98 Å². The van der Waals surface area contributed by atoms with Crippen molar-refractivity contribution in [2.45, 2.75) is 12.5 Å². The lowest BCUT2D eigenvalue weighted by molar-refractivity contribution is -0.117. The fraction of sp³-hybridized carbons (Fsp3) is 0.0952. The molecule has 1 aliphatic rings. The summed E-state index contributed by atoms with van der Waals surface area (Å²) in [6.45, 7) is 0. The quantitative estimate of drug-likeness (QED) is 0.707. The SMILES string of the molecule is O=C1Nc2ccc(Br)cc2C(c2ccccn2)=NC1Cc1ccccc1. The van der Waals surface area contributed by atoms with Crippen LogP contribution >= 0.6 is 15.9 Å². The van der Waals surface area contributed by atoms with Gasteiger partial charge >= 0.3 is 0 Å². The van der Waals surface area contributed by atoms with Gasteiger partial charge in [-0.25, -0.2) is 0 Å². The van der Waals surface area contributed by atoms with E-state index in [0.717, 1.165) is 32.7 Å². The molecular formula is C21H16BrN3O. The minimum atomic E-state index is -0.513. The standard InChI is InChI=1S/C21H16BrN3O/c22-15-9-10-17-16(13-15)20(18-8-4-5-11-23-18)24-19(21(26)25-17)12-14-6-2-1-3-7-14/h1-11,13,19H,12H2,(H,25,26). The topological polar surface area (TPSA) is 54.4 Å². The molecule has 0 fully saturated rings. The molecule has 0 saturated heterocycles. The molecule has 0 saturated carbocycles. The van der Waals surface area contributed by atoms with Crippen molar-refractivity contribution >= 4 is 33.2 Å². The van der Waals surface area contributed by atoms with Crippen LogP contribution in [0.4, 0.5) is 5.69 Å². The predicted molar refractivity (Wildman–Crippen MR) is 107 cm³/mol. The molecule has 5 heteroatoms. The summed E-state index contributed by atoms with van der Waals surface area (Å²) >= 11 is 3.51. The summed E-state index contributed by atoms with van der Waals surface area (Å²) in [5.74, 6) is -0.108. The number of aliphatic imine (C=N–C) groups is 1. The van der Waals surface area contributed by atoms with Crippen LogP contribution < -0.4 is 5.32 Å². The molecule has 4 rings (SSSR count).